The Morgan fingerprint density at radius 2 is 0.795 bits per heavy atom. The summed E-state index contributed by atoms with van der Waals surface area (Å²) in [7, 11) is -2.93. The fraction of sp³-hybridized carbons (Fsp3) is 0.304. The number of anilines is 6. The molecule has 0 saturated heterocycles. The first kappa shape index (κ1) is 48.9. The molecular weight excluding hydrogens is 896 g/mol. The molecule has 0 aromatic heterocycles. The highest BCUT2D eigenvalue weighted by Crippen LogP contribution is 2.52. The minimum atomic E-state index is -2.93. The Labute approximate surface area is 439 Å². The lowest BCUT2D eigenvalue weighted by Gasteiger charge is -2.48. The Kier molecular flexibility index (Phi) is 11.5. The van der Waals surface area contributed by atoms with Gasteiger partial charge < -0.3 is 9.80 Å². The average molecular weight is 971 g/mol. The molecule has 2 nitrogen and oxygen atoms in total. The topological polar surface area (TPSA) is 6.48 Å². The quantitative estimate of drug-likeness (QED) is 0.121. The number of nitrogens with zero attached hydrogens (tertiary/aromatic N) is 2. The van der Waals surface area contributed by atoms with Gasteiger partial charge in [0.2, 0.25) is 0 Å². The Bertz CT molecular complexity index is 3340. The molecule has 0 spiro atoms. The van der Waals surface area contributed by atoms with Gasteiger partial charge in [0.1, 0.15) is 0 Å². The van der Waals surface area contributed by atoms with Crippen LogP contribution in [0.3, 0.4) is 0 Å². The zero-order valence-electron chi connectivity index (χ0n) is 46.4. The van der Waals surface area contributed by atoms with Crippen molar-refractivity contribution in [2.75, 3.05) is 9.80 Å². The summed E-state index contributed by atoms with van der Waals surface area (Å²) in [6, 6.07) is 62.4. The summed E-state index contributed by atoms with van der Waals surface area (Å²) in [4.78, 5) is 5.43. The van der Waals surface area contributed by atoms with Crippen LogP contribution in [0, 0.1) is 34.6 Å². The summed E-state index contributed by atoms with van der Waals surface area (Å²) in [5.74, 6) is 0. The van der Waals surface area contributed by atoms with Gasteiger partial charge >= 0.3 is 0 Å². The molecule has 1 aliphatic carbocycles. The van der Waals surface area contributed by atoms with Crippen LogP contribution < -0.4 is 46.9 Å². The maximum Gasteiger partial charge on any atom is 0.252 e. The van der Waals surface area contributed by atoms with Crippen LogP contribution in [0.5, 0.6) is 0 Å². The molecule has 0 saturated carbocycles. The van der Waals surface area contributed by atoms with Gasteiger partial charge in [-0.15, -0.1) is 0 Å². The lowest BCUT2D eigenvalue weighted by atomic mass is 9.33. The highest BCUT2D eigenvalue weighted by Gasteiger charge is 2.49. The molecule has 4 heteroatoms. The number of rotatable bonds is 6. The standard InChI is InChI=1S/C69H75BN2Si/c1-44-35-61-63-62(36-44)72(65-47(4)39-50(40-48(65)5)67(9,10)11)60-43-56-55(68(12,13)33-34-69(56,14)15)42-58(60)70(63)57-32-31-54(41-59(57)71(61)64-45(2)37-49(38-46(64)3)66(6,7)8)73(51-25-19-16-20-26-51,52-27-21-17-22-28-52)53-29-23-18-24-30-53/h16-32,35-43H,33-34H2,1-15H3. The van der Waals surface area contributed by atoms with Crippen molar-refractivity contribution in [3.63, 3.8) is 0 Å². The number of benzene rings is 8. The predicted molar refractivity (Wildman–Crippen MR) is 320 cm³/mol. The highest BCUT2D eigenvalue weighted by atomic mass is 28.3. The summed E-state index contributed by atoms with van der Waals surface area (Å²) in [6.07, 6.45) is 2.33. The monoisotopic (exact) mass is 971 g/mol. The summed E-state index contributed by atoms with van der Waals surface area (Å²) in [6.45, 7) is 35.8. The molecule has 0 atom stereocenters. The normalized spacial score (nSPS) is 15.6. The Balaban J connectivity index is 1.30. The van der Waals surface area contributed by atoms with E-state index >= 15 is 0 Å². The second-order valence-electron chi connectivity index (χ2n) is 25.6. The molecule has 8 aromatic rings. The molecular formula is C69H75BN2Si. The summed E-state index contributed by atoms with van der Waals surface area (Å²) < 4.78 is 0. The van der Waals surface area contributed by atoms with Crippen LogP contribution in [0.1, 0.15) is 132 Å². The van der Waals surface area contributed by atoms with Gasteiger partial charge in [-0.2, -0.15) is 0 Å². The van der Waals surface area contributed by atoms with Gasteiger partial charge in [0.15, 0.2) is 8.07 Å². The van der Waals surface area contributed by atoms with Crippen molar-refractivity contribution in [2.45, 2.75) is 138 Å². The van der Waals surface area contributed by atoms with Gasteiger partial charge in [-0.3, -0.25) is 0 Å². The third kappa shape index (κ3) is 7.71. The Morgan fingerprint density at radius 3 is 1.19 bits per heavy atom. The Morgan fingerprint density at radius 1 is 0.411 bits per heavy atom. The molecule has 2 aliphatic heterocycles. The van der Waals surface area contributed by atoms with E-state index in [9.17, 15) is 0 Å². The SMILES string of the molecule is Cc1cc2c3c(c1)N(c1c(C)cc(C(C)(C)C)cc1C)c1cc4c(cc1B3c1ccc([Si](c3ccccc3)(c3ccccc3)c3ccccc3)cc1N2c1c(C)cc(C(C)(C)C)cc1C)C(C)(C)CCC4(C)C. The molecule has 0 radical (unpaired) electrons. The van der Waals surface area contributed by atoms with E-state index in [1.54, 1.807) is 0 Å². The first-order chi connectivity index (χ1) is 34.5. The van der Waals surface area contributed by atoms with Crippen LogP contribution in [-0.4, -0.2) is 14.8 Å². The van der Waals surface area contributed by atoms with Crippen molar-refractivity contribution in [3.8, 4) is 0 Å². The first-order valence-electron chi connectivity index (χ1n) is 27.0. The number of hydrogen-bond acceptors (Lipinski definition) is 2. The minimum Gasteiger partial charge on any atom is -0.311 e. The molecule has 0 fully saturated rings. The molecule has 0 bridgehead atoms. The van der Waals surface area contributed by atoms with Gasteiger partial charge in [0.25, 0.3) is 6.71 Å². The first-order valence-corrected chi connectivity index (χ1v) is 29.0. The number of hydrogen-bond donors (Lipinski definition) is 0. The van der Waals surface area contributed by atoms with Gasteiger partial charge in [-0.1, -0.05) is 203 Å². The van der Waals surface area contributed by atoms with Crippen LogP contribution in [-0.2, 0) is 21.7 Å². The lowest BCUT2D eigenvalue weighted by Crippen LogP contribution is -2.75. The van der Waals surface area contributed by atoms with Gasteiger partial charge in [-0.05, 0) is 181 Å². The van der Waals surface area contributed by atoms with Crippen LogP contribution in [0.4, 0.5) is 34.1 Å². The van der Waals surface area contributed by atoms with E-state index in [0.29, 0.717) is 0 Å². The van der Waals surface area contributed by atoms with E-state index in [1.165, 1.54) is 121 Å². The number of aryl methyl sites for hydroxylation is 5. The van der Waals surface area contributed by atoms with Crippen LogP contribution in [0.25, 0.3) is 0 Å². The van der Waals surface area contributed by atoms with E-state index in [2.05, 4.69) is 271 Å². The zero-order valence-corrected chi connectivity index (χ0v) is 47.4. The second kappa shape index (κ2) is 17.1. The van der Waals surface area contributed by atoms with Crippen molar-refractivity contribution in [2.24, 2.45) is 0 Å². The highest BCUT2D eigenvalue weighted by molar-refractivity contribution is 7.20. The maximum atomic E-state index is 2.72. The summed E-state index contributed by atoms with van der Waals surface area (Å²) in [5, 5.41) is 5.53. The predicted octanol–water partition coefficient (Wildman–Crippen LogP) is 13.6. The molecule has 0 N–H and O–H groups in total. The van der Waals surface area contributed by atoms with Gasteiger partial charge in [0.05, 0.1) is 11.4 Å². The van der Waals surface area contributed by atoms with E-state index < -0.39 is 8.07 Å². The van der Waals surface area contributed by atoms with Crippen molar-refractivity contribution < 1.29 is 0 Å². The largest absolute Gasteiger partial charge is 0.311 e. The minimum absolute atomic E-state index is 0.00479. The van der Waals surface area contributed by atoms with E-state index in [-0.39, 0.29) is 28.4 Å². The fourth-order valence-corrected chi connectivity index (χ4v) is 18.2. The molecule has 368 valence electrons. The van der Waals surface area contributed by atoms with Crippen molar-refractivity contribution >= 4 is 86.0 Å². The van der Waals surface area contributed by atoms with E-state index in [1.807, 2.05) is 0 Å². The van der Waals surface area contributed by atoms with Crippen LogP contribution in [0.15, 0.2) is 158 Å². The third-order valence-electron chi connectivity index (χ3n) is 17.4. The Hall–Kier alpha value is -6.36. The maximum absolute atomic E-state index is 2.93. The van der Waals surface area contributed by atoms with Crippen molar-refractivity contribution in [1.82, 2.24) is 0 Å². The second-order valence-corrected chi connectivity index (χ2v) is 29.4. The fourth-order valence-electron chi connectivity index (χ4n) is 13.5. The van der Waals surface area contributed by atoms with Crippen molar-refractivity contribution in [1.29, 1.82) is 0 Å². The summed E-state index contributed by atoms with van der Waals surface area (Å²) >= 11 is 0. The smallest absolute Gasteiger partial charge is 0.252 e. The lowest BCUT2D eigenvalue weighted by molar-refractivity contribution is 0.332. The molecule has 3 aliphatic rings. The summed E-state index contributed by atoms with van der Waals surface area (Å²) in [5.41, 5.74) is 24.2. The van der Waals surface area contributed by atoms with E-state index in [4.69, 9.17) is 0 Å². The average Bonchev–Trinajstić information content (AvgIpc) is 3.34. The van der Waals surface area contributed by atoms with Gasteiger partial charge in [0, 0.05) is 22.7 Å². The molecule has 73 heavy (non-hydrogen) atoms. The van der Waals surface area contributed by atoms with E-state index in [0.717, 1.165) is 12.8 Å². The molecule has 8 aromatic carbocycles. The number of fused-ring (bicyclic) bond motifs is 5. The van der Waals surface area contributed by atoms with Crippen LogP contribution >= 0.6 is 0 Å². The zero-order chi connectivity index (χ0) is 51.7. The van der Waals surface area contributed by atoms with Crippen LogP contribution in [0.2, 0.25) is 0 Å². The third-order valence-corrected chi connectivity index (χ3v) is 22.2. The molecule has 0 amide bonds. The molecule has 0 unspecified atom stereocenters. The van der Waals surface area contributed by atoms with Crippen molar-refractivity contribution in [3.05, 3.63) is 208 Å². The molecule has 2 heterocycles. The van der Waals surface area contributed by atoms with Gasteiger partial charge in [-0.25, -0.2) is 0 Å². The molecule has 11 rings (SSSR count).